The van der Waals surface area contributed by atoms with Crippen LogP contribution in [0.3, 0.4) is 0 Å². The SMILES string of the molecule is CCS(=O)(=O)CCn1ncc(CO)c1C. The summed E-state index contributed by atoms with van der Waals surface area (Å²) in [5, 5.41) is 13.0. The fourth-order valence-electron chi connectivity index (χ4n) is 1.24. The molecule has 0 bridgehead atoms. The van der Waals surface area contributed by atoms with Crippen molar-refractivity contribution in [1.29, 1.82) is 0 Å². The summed E-state index contributed by atoms with van der Waals surface area (Å²) in [7, 11) is -2.96. The Morgan fingerprint density at radius 3 is 2.67 bits per heavy atom. The van der Waals surface area contributed by atoms with Gasteiger partial charge in [0.15, 0.2) is 9.84 Å². The first-order valence-electron chi connectivity index (χ1n) is 4.82. The van der Waals surface area contributed by atoms with Gasteiger partial charge in [-0.3, -0.25) is 4.68 Å². The fraction of sp³-hybridized carbons (Fsp3) is 0.667. The molecule has 86 valence electrons. The standard InChI is InChI=1S/C9H16N2O3S/c1-3-15(13,14)5-4-11-8(2)9(7-12)6-10-11/h6,12H,3-5,7H2,1-2H3. The molecule has 0 fully saturated rings. The van der Waals surface area contributed by atoms with Crippen molar-refractivity contribution in [3.05, 3.63) is 17.5 Å². The minimum absolute atomic E-state index is 0.0631. The number of aryl methyl sites for hydroxylation is 1. The Balaban J connectivity index is 2.70. The summed E-state index contributed by atoms with van der Waals surface area (Å²) in [5.41, 5.74) is 1.56. The Morgan fingerprint density at radius 1 is 1.53 bits per heavy atom. The zero-order chi connectivity index (χ0) is 11.5. The van der Waals surface area contributed by atoms with E-state index in [4.69, 9.17) is 5.11 Å². The van der Waals surface area contributed by atoms with E-state index < -0.39 is 9.84 Å². The van der Waals surface area contributed by atoms with E-state index in [0.717, 1.165) is 11.3 Å². The summed E-state index contributed by atoms with van der Waals surface area (Å²) in [6, 6.07) is 0. The highest BCUT2D eigenvalue weighted by Crippen LogP contribution is 2.07. The van der Waals surface area contributed by atoms with Gasteiger partial charge >= 0.3 is 0 Å². The Labute approximate surface area is 89.6 Å². The second-order valence-electron chi connectivity index (χ2n) is 3.37. The topological polar surface area (TPSA) is 72.2 Å². The molecule has 5 nitrogen and oxygen atoms in total. The molecule has 1 aromatic rings. The van der Waals surface area contributed by atoms with Gasteiger partial charge < -0.3 is 5.11 Å². The van der Waals surface area contributed by atoms with E-state index >= 15 is 0 Å². The van der Waals surface area contributed by atoms with Crippen LogP contribution in [0.25, 0.3) is 0 Å². The quantitative estimate of drug-likeness (QED) is 0.782. The maximum atomic E-state index is 11.3. The molecule has 1 heterocycles. The number of sulfone groups is 1. The molecule has 0 saturated heterocycles. The van der Waals surface area contributed by atoms with Crippen LogP contribution < -0.4 is 0 Å². The van der Waals surface area contributed by atoms with Crippen LogP contribution in [0.15, 0.2) is 6.20 Å². The van der Waals surface area contributed by atoms with Crippen molar-refractivity contribution in [1.82, 2.24) is 9.78 Å². The first-order chi connectivity index (χ1) is 7.00. The first-order valence-corrected chi connectivity index (χ1v) is 6.65. The molecular formula is C9H16N2O3S. The second kappa shape index (κ2) is 4.76. The fourth-order valence-corrected chi connectivity index (χ4v) is 1.98. The largest absolute Gasteiger partial charge is 0.392 e. The van der Waals surface area contributed by atoms with Crippen LogP contribution in [0, 0.1) is 6.92 Å². The van der Waals surface area contributed by atoms with Gasteiger partial charge in [-0.25, -0.2) is 8.42 Å². The van der Waals surface area contributed by atoms with Gasteiger partial charge in [0.05, 0.1) is 25.1 Å². The lowest BCUT2D eigenvalue weighted by molar-refractivity contribution is 0.281. The third kappa shape index (κ3) is 3.04. The van der Waals surface area contributed by atoms with Crippen molar-refractivity contribution < 1.29 is 13.5 Å². The summed E-state index contributed by atoms with van der Waals surface area (Å²) in [6.07, 6.45) is 1.56. The average Bonchev–Trinajstić information content (AvgIpc) is 2.57. The molecule has 1 rings (SSSR count). The summed E-state index contributed by atoms with van der Waals surface area (Å²) < 4.78 is 24.1. The molecule has 1 aromatic heterocycles. The predicted molar refractivity (Wildman–Crippen MR) is 57.2 cm³/mol. The lowest BCUT2D eigenvalue weighted by atomic mass is 10.3. The van der Waals surface area contributed by atoms with Crippen LogP contribution in [0.5, 0.6) is 0 Å². The molecule has 0 aromatic carbocycles. The van der Waals surface area contributed by atoms with Crippen molar-refractivity contribution in [2.75, 3.05) is 11.5 Å². The van der Waals surface area contributed by atoms with Crippen LogP contribution in [0.4, 0.5) is 0 Å². The monoisotopic (exact) mass is 232 g/mol. The number of aliphatic hydroxyl groups is 1. The van der Waals surface area contributed by atoms with Gasteiger partial charge in [-0.1, -0.05) is 6.92 Å². The van der Waals surface area contributed by atoms with E-state index in [1.54, 1.807) is 17.8 Å². The van der Waals surface area contributed by atoms with E-state index in [1.807, 2.05) is 6.92 Å². The van der Waals surface area contributed by atoms with Crippen LogP contribution in [0.2, 0.25) is 0 Å². The molecule has 1 N–H and O–H groups in total. The summed E-state index contributed by atoms with van der Waals surface area (Å²) in [6.45, 7) is 3.73. The maximum absolute atomic E-state index is 11.3. The van der Waals surface area contributed by atoms with Gasteiger partial charge in [0.25, 0.3) is 0 Å². The van der Waals surface area contributed by atoms with E-state index in [0.29, 0.717) is 6.54 Å². The van der Waals surface area contributed by atoms with E-state index in [1.165, 1.54) is 0 Å². The zero-order valence-corrected chi connectivity index (χ0v) is 9.79. The smallest absolute Gasteiger partial charge is 0.151 e. The number of aromatic nitrogens is 2. The van der Waals surface area contributed by atoms with Crippen LogP contribution in [-0.2, 0) is 23.0 Å². The molecule has 0 aliphatic heterocycles. The normalized spacial score (nSPS) is 11.9. The zero-order valence-electron chi connectivity index (χ0n) is 8.97. The average molecular weight is 232 g/mol. The van der Waals surface area contributed by atoms with E-state index in [9.17, 15) is 8.42 Å². The number of nitrogens with zero attached hydrogens (tertiary/aromatic N) is 2. The van der Waals surface area contributed by atoms with E-state index in [-0.39, 0.29) is 18.1 Å². The van der Waals surface area contributed by atoms with E-state index in [2.05, 4.69) is 5.10 Å². The molecule has 6 heteroatoms. The van der Waals surface area contributed by atoms with Crippen LogP contribution in [-0.4, -0.2) is 34.8 Å². The number of rotatable bonds is 5. The molecule has 0 aliphatic carbocycles. The molecule has 0 aliphatic rings. The van der Waals surface area contributed by atoms with Crippen molar-refractivity contribution in [2.45, 2.75) is 27.0 Å². The highest BCUT2D eigenvalue weighted by molar-refractivity contribution is 7.91. The number of hydrogen-bond donors (Lipinski definition) is 1. The van der Waals surface area contributed by atoms with Crippen molar-refractivity contribution >= 4 is 9.84 Å². The van der Waals surface area contributed by atoms with Crippen LogP contribution in [0.1, 0.15) is 18.2 Å². The lowest BCUT2D eigenvalue weighted by Crippen LogP contribution is -2.16. The number of aliphatic hydroxyl groups excluding tert-OH is 1. The molecule has 0 spiro atoms. The summed E-state index contributed by atoms with van der Waals surface area (Å²) in [4.78, 5) is 0. The lowest BCUT2D eigenvalue weighted by Gasteiger charge is -2.04. The third-order valence-electron chi connectivity index (χ3n) is 2.43. The van der Waals surface area contributed by atoms with Gasteiger partial charge in [0.2, 0.25) is 0 Å². The minimum Gasteiger partial charge on any atom is -0.392 e. The highest BCUT2D eigenvalue weighted by Gasteiger charge is 2.10. The van der Waals surface area contributed by atoms with Gasteiger partial charge in [0.1, 0.15) is 0 Å². The van der Waals surface area contributed by atoms with Crippen molar-refractivity contribution in [2.24, 2.45) is 0 Å². The van der Waals surface area contributed by atoms with Gasteiger partial charge in [0, 0.05) is 17.0 Å². The molecule has 15 heavy (non-hydrogen) atoms. The molecule has 0 amide bonds. The van der Waals surface area contributed by atoms with Crippen molar-refractivity contribution in [3.8, 4) is 0 Å². The Kier molecular flexibility index (Phi) is 3.87. The highest BCUT2D eigenvalue weighted by atomic mass is 32.2. The van der Waals surface area contributed by atoms with Gasteiger partial charge in [-0.05, 0) is 6.92 Å². The summed E-state index contributed by atoms with van der Waals surface area (Å²) >= 11 is 0. The van der Waals surface area contributed by atoms with Gasteiger partial charge in [-0.15, -0.1) is 0 Å². The molecule has 0 saturated carbocycles. The molecule has 0 atom stereocenters. The summed E-state index contributed by atoms with van der Waals surface area (Å²) in [5.74, 6) is 0.247. The first kappa shape index (κ1) is 12.2. The third-order valence-corrected chi connectivity index (χ3v) is 4.11. The van der Waals surface area contributed by atoms with Gasteiger partial charge in [-0.2, -0.15) is 5.10 Å². The Bertz CT molecular complexity index is 423. The molecule has 0 radical (unpaired) electrons. The molecule has 0 unspecified atom stereocenters. The second-order valence-corrected chi connectivity index (χ2v) is 5.85. The Morgan fingerprint density at radius 2 is 2.20 bits per heavy atom. The predicted octanol–water partition coefficient (Wildman–Crippen LogP) is 0.119. The van der Waals surface area contributed by atoms with Crippen LogP contribution >= 0.6 is 0 Å². The minimum atomic E-state index is -2.96. The molecular weight excluding hydrogens is 216 g/mol. The number of hydrogen-bond acceptors (Lipinski definition) is 4. The maximum Gasteiger partial charge on any atom is 0.151 e. The van der Waals surface area contributed by atoms with Crippen molar-refractivity contribution in [3.63, 3.8) is 0 Å². The Hall–Kier alpha value is -0.880.